The maximum absolute atomic E-state index is 13.7. The molecule has 4 aliphatic heterocycles. The average molecular weight is 583 g/mol. The highest BCUT2D eigenvalue weighted by Gasteiger charge is 2.41. The van der Waals surface area contributed by atoms with Crippen molar-refractivity contribution >= 4 is 10.9 Å². The van der Waals surface area contributed by atoms with Crippen molar-refractivity contribution in [3.63, 3.8) is 0 Å². The Hall–Kier alpha value is -3.62. The number of ether oxygens (including phenoxy) is 2. The molecule has 3 aromatic rings. The van der Waals surface area contributed by atoms with Gasteiger partial charge in [0, 0.05) is 35.6 Å². The van der Waals surface area contributed by atoms with Crippen molar-refractivity contribution in [1.29, 1.82) is 0 Å². The van der Waals surface area contributed by atoms with Crippen LogP contribution in [0.1, 0.15) is 74.6 Å². The number of hydrogen-bond donors (Lipinski definition) is 1. The van der Waals surface area contributed by atoms with Crippen LogP contribution in [-0.4, -0.2) is 56.7 Å². The lowest BCUT2D eigenvalue weighted by molar-refractivity contribution is -0.0172. The Morgan fingerprint density at radius 3 is 2.60 bits per heavy atom. The molecule has 0 saturated carbocycles. The molecule has 0 amide bonds. The Kier molecular flexibility index (Phi) is 7.09. The molecule has 8 nitrogen and oxygen atoms in total. The smallest absolute Gasteiger partial charge is 0.258 e. The van der Waals surface area contributed by atoms with Crippen molar-refractivity contribution in [2.75, 3.05) is 26.2 Å². The summed E-state index contributed by atoms with van der Waals surface area (Å²) in [7, 11) is 0. The van der Waals surface area contributed by atoms with E-state index in [4.69, 9.17) is 14.5 Å². The molecule has 1 aromatic carbocycles. The number of aromatic nitrogens is 2. The van der Waals surface area contributed by atoms with E-state index < -0.39 is 5.60 Å². The summed E-state index contributed by atoms with van der Waals surface area (Å²) in [6, 6.07) is 8.62. The number of pyridine rings is 2. The van der Waals surface area contributed by atoms with Gasteiger partial charge in [-0.15, -0.1) is 0 Å². The summed E-state index contributed by atoms with van der Waals surface area (Å²) in [5.74, 6) is 1.73. The maximum atomic E-state index is 13.7. The first-order valence-electron chi connectivity index (χ1n) is 16.0. The van der Waals surface area contributed by atoms with Gasteiger partial charge in [-0.25, -0.2) is 4.98 Å². The zero-order valence-electron chi connectivity index (χ0n) is 25.5. The molecule has 0 spiro atoms. The number of nitrogens with zero attached hydrogens (tertiary/aromatic N) is 4. The molecule has 7 rings (SSSR count). The fourth-order valence-corrected chi connectivity index (χ4v) is 7.69. The van der Waals surface area contributed by atoms with Gasteiger partial charge in [0.1, 0.15) is 23.7 Å². The summed E-state index contributed by atoms with van der Waals surface area (Å²) < 4.78 is 13.8. The first-order valence-corrected chi connectivity index (χ1v) is 16.0. The molecular weight excluding hydrogens is 540 g/mol. The highest BCUT2D eigenvalue weighted by atomic mass is 16.5. The molecule has 226 valence electrons. The Morgan fingerprint density at radius 1 is 1.12 bits per heavy atom. The van der Waals surface area contributed by atoms with Gasteiger partial charge in [-0.05, 0) is 88.0 Å². The second-order valence-electron chi connectivity index (χ2n) is 12.5. The molecule has 2 fully saturated rings. The van der Waals surface area contributed by atoms with Gasteiger partial charge in [0.2, 0.25) is 0 Å². The SMILES string of the molecule is C=C(Oc1ccc2nc3c(c(CC)c2c1)Cn1c-3cc2c(c1=O)COC(=C)[C@]2(O)CC)N1CCC(N2CCCCC2)CC1. The van der Waals surface area contributed by atoms with Gasteiger partial charge >= 0.3 is 0 Å². The highest BCUT2D eigenvalue weighted by molar-refractivity contribution is 5.89. The minimum atomic E-state index is -1.40. The lowest BCUT2D eigenvalue weighted by Gasteiger charge is -2.41. The lowest BCUT2D eigenvalue weighted by atomic mass is 9.84. The molecule has 0 radical (unpaired) electrons. The first kappa shape index (κ1) is 28.2. The standard InChI is InChI=1S/C35H42N4O4/c1-5-26-27-18-25(43-23(4)37-16-12-24(13-17-37)38-14-8-7-9-15-38)10-11-31(27)36-33-28(26)20-39-32(33)19-30-29(34(39)40)21-42-22(3)35(30,41)6-2/h10-11,18-19,24,41H,3-9,12-17,20-21H2,1-2H3/t35-/m1/s1. The van der Waals surface area contributed by atoms with Gasteiger partial charge in [-0.1, -0.05) is 26.8 Å². The minimum Gasteiger partial charge on any atom is -0.490 e. The Bertz CT molecular complexity index is 1680. The summed E-state index contributed by atoms with van der Waals surface area (Å²) in [5, 5.41) is 12.5. The number of aliphatic hydroxyl groups is 1. The molecular formula is C35H42N4O4. The van der Waals surface area contributed by atoms with Crippen molar-refractivity contribution in [2.45, 2.75) is 83.6 Å². The maximum Gasteiger partial charge on any atom is 0.258 e. The van der Waals surface area contributed by atoms with E-state index in [-0.39, 0.29) is 17.9 Å². The van der Waals surface area contributed by atoms with E-state index in [9.17, 15) is 9.90 Å². The van der Waals surface area contributed by atoms with Crippen molar-refractivity contribution in [3.05, 3.63) is 81.7 Å². The van der Waals surface area contributed by atoms with Crippen LogP contribution in [0.3, 0.4) is 0 Å². The number of hydrogen-bond acceptors (Lipinski definition) is 7. The minimum absolute atomic E-state index is 0.114. The third-order valence-corrected chi connectivity index (χ3v) is 10.3. The summed E-state index contributed by atoms with van der Waals surface area (Å²) in [4.78, 5) is 23.7. The molecule has 1 atom stereocenters. The lowest BCUT2D eigenvalue weighted by Crippen LogP contribution is -2.46. The van der Waals surface area contributed by atoms with Gasteiger partial charge in [0.25, 0.3) is 5.56 Å². The Balaban J connectivity index is 1.16. The van der Waals surface area contributed by atoms with E-state index in [2.05, 4.69) is 35.9 Å². The van der Waals surface area contributed by atoms with Crippen LogP contribution in [-0.2, 0) is 29.9 Å². The topological polar surface area (TPSA) is 80.1 Å². The summed E-state index contributed by atoms with van der Waals surface area (Å²) in [5.41, 5.74) is 4.13. The fraction of sp³-hybridized carbons (Fsp3) is 0.486. The van der Waals surface area contributed by atoms with Gasteiger partial charge in [-0.2, -0.15) is 0 Å². The van der Waals surface area contributed by atoms with Crippen LogP contribution in [0.25, 0.3) is 22.3 Å². The number of piperidine rings is 2. The highest BCUT2D eigenvalue weighted by Crippen LogP contribution is 2.43. The normalized spacial score (nSPS) is 22.2. The summed E-state index contributed by atoms with van der Waals surface area (Å²) in [6.07, 6.45) is 7.47. The monoisotopic (exact) mass is 582 g/mol. The van der Waals surface area contributed by atoms with Gasteiger partial charge in [-0.3, -0.25) is 4.79 Å². The quantitative estimate of drug-likeness (QED) is 0.304. The van der Waals surface area contributed by atoms with Crippen LogP contribution in [0.2, 0.25) is 0 Å². The van der Waals surface area contributed by atoms with E-state index in [1.807, 2.05) is 25.1 Å². The van der Waals surface area contributed by atoms with Crippen LogP contribution >= 0.6 is 0 Å². The van der Waals surface area contributed by atoms with E-state index in [0.29, 0.717) is 36.0 Å². The van der Waals surface area contributed by atoms with E-state index in [1.165, 1.54) is 32.4 Å². The summed E-state index contributed by atoms with van der Waals surface area (Å²) in [6.45, 7) is 17.2. The van der Waals surface area contributed by atoms with Crippen LogP contribution in [0, 0.1) is 0 Å². The predicted molar refractivity (Wildman–Crippen MR) is 168 cm³/mol. The average Bonchev–Trinajstić information content (AvgIpc) is 3.41. The molecule has 0 bridgehead atoms. The van der Waals surface area contributed by atoms with Crippen molar-refractivity contribution in [1.82, 2.24) is 19.4 Å². The van der Waals surface area contributed by atoms with Crippen molar-refractivity contribution in [2.24, 2.45) is 0 Å². The number of aryl methyl sites for hydroxylation is 1. The molecule has 8 heteroatoms. The van der Waals surface area contributed by atoms with E-state index in [0.717, 1.165) is 71.5 Å². The second kappa shape index (κ2) is 10.8. The van der Waals surface area contributed by atoms with Crippen molar-refractivity contribution in [3.8, 4) is 17.1 Å². The van der Waals surface area contributed by atoms with Crippen LogP contribution in [0.15, 0.2) is 53.9 Å². The van der Waals surface area contributed by atoms with Crippen LogP contribution in [0.4, 0.5) is 0 Å². The first-order chi connectivity index (χ1) is 20.8. The zero-order valence-corrected chi connectivity index (χ0v) is 25.5. The van der Waals surface area contributed by atoms with Gasteiger partial charge < -0.3 is 28.9 Å². The largest absolute Gasteiger partial charge is 0.490 e. The molecule has 0 aliphatic carbocycles. The molecule has 1 N–H and O–H groups in total. The summed E-state index contributed by atoms with van der Waals surface area (Å²) >= 11 is 0. The Labute approximate surface area is 253 Å². The molecule has 6 heterocycles. The van der Waals surface area contributed by atoms with Crippen LogP contribution in [0.5, 0.6) is 5.75 Å². The molecule has 2 aromatic heterocycles. The molecule has 0 unspecified atom stereocenters. The number of likely N-dealkylation sites (tertiary alicyclic amines) is 2. The number of fused-ring (bicyclic) bond motifs is 5. The van der Waals surface area contributed by atoms with Crippen LogP contribution < -0.4 is 10.3 Å². The van der Waals surface area contributed by atoms with E-state index in [1.54, 1.807) is 4.57 Å². The van der Waals surface area contributed by atoms with Crippen molar-refractivity contribution < 1.29 is 14.6 Å². The molecule has 43 heavy (non-hydrogen) atoms. The van der Waals surface area contributed by atoms with Gasteiger partial charge in [0.05, 0.1) is 29.0 Å². The number of benzene rings is 1. The Morgan fingerprint density at radius 2 is 1.88 bits per heavy atom. The third-order valence-electron chi connectivity index (χ3n) is 10.3. The van der Waals surface area contributed by atoms with E-state index >= 15 is 0 Å². The zero-order chi connectivity index (χ0) is 29.9. The molecule has 4 aliphatic rings. The number of rotatable bonds is 6. The third kappa shape index (κ3) is 4.57. The van der Waals surface area contributed by atoms with Gasteiger partial charge in [0.15, 0.2) is 5.88 Å². The second-order valence-corrected chi connectivity index (χ2v) is 12.5. The molecule has 2 saturated heterocycles. The fourth-order valence-electron chi connectivity index (χ4n) is 7.69. The predicted octanol–water partition coefficient (Wildman–Crippen LogP) is 5.43.